The summed E-state index contributed by atoms with van der Waals surface area (Å²) in [6.45, 7) is 10.0. The molecule has 0 aliphatic carbocycles. The molecule has 0 radical (unpaired) electrons. The summed E-state index contributed by atoms with van der Waals surface area (Å²) >= 11 is 1.00. The summed E-state index contributed by atoms with van der Waals surface area (Å²) in [5.41, 5.74) is 4.28. The van der Waals surface area contributed by atoms with E-state index >= 15 is 0 Å². The predicted octanol–water partition coefficient (Wildman–Crippen LogP) is 6.04. The van der Waals surface area contributed by atoms with Crippen LogP contribution in [0.25, 0.3) is 6.08 Å². The molecular weight excluding hydrogens is 380 g/mol. The van der Waals surface area contributed by atoms with Gasteiger partial charge >= 0.3 is 0 Å². The van der Waals surface area contributed by atoms with E-state index < -0.39 is 0 Å². The fourth-order valence-electron chi connectivity index (χ4n) is 4.62. The van der Waals surface area contributed by atoms with Crippen LogP contribution in [0.2, 0.25) is 0 Å². The number of anilines is 2. The van der Waals surface area contributed by atoms with E-state index in [4.69, 9.17) is 0 Å². The molecule has 0 saturated carbocycles. The number of thioether (sulfide) groups is 1. The summed E-state index contributed by atoms with van der Waals surface area (Å²) in [6.07, 6.45) is 2.93. The lowest BCUT2D eigenvalue weighted by molar-refractivity contribution is -0.113. The van der Waals surface area contributed by atoms with Gasteiger partial charge in [-0.2, -0.15) is 0 Å². The number of para-hydroxylation sites is 1. The van der Waals surface area contributed by atoms with Crippen molar-refractivity contribution < 1.29 is 9.59 Å². The number of amides is 2. The standard InChI is InChI=1S/C24H26N2O2S/c1-5-25-20-12-11-17(13-19(20)16(2)15-24(25,3)4)14-21-22(27)26(23(28)29-21)18-9-7-6-8-10-18/h6-14,16H,5,15H2,1-4H3/b21-14-/t16-/m0/s1. The summed E-state index contributed by atoms with van der Waals surface area (Å²) in [4.78, 5) is 29.5. The van der Waals surface area contributed by atoms with Gasteiger partial charge in [-0.1, -0.05) is 31.2 Å². The highest BCUT2D eigenvalue weighted by Crippen LogP contribution is 2.44. The second kappa shape index (κ2) is 7.38. The highest BCUT2D eigenvalue weighted by molar-refractivity contribution is 8.19. The van der Waals surface area contributed by atoms with Crippen molar-refractivity contribution in [2.45, 2.75) is 45.6 Å². The van der Waals surface area contributed by atoms with E-state index in [2.05, 4.69) is 44.7 Å². The maximum atomic E-state index is 12.9. The Hall–Kier alpha value is -2.53. The average molecular weight is 407 g/mol. The van der Waals surface area contributed by atoms with Crippen LogP contribution in [0, 0.1) is 0 Å². The Balaban J connectivity index is 1.67. The number of hydrogen-bond donors (Lipinski definition) is 0. The minimum Gasteiger partial charge on any atom is -0.366 e. The summed E-state index contributed by atoms with van der Waals surface area (Å²) < 4.78 is 0. The molecule has 2 aromatic carbocycles. The second-order valence-electron chi connectivity index (χ2n) is 8.33. The molecule has 29 heavy (non-hydrogen) atoms. The molecule has 0 bridgehead atoms. The lowest BCUT2D eigenvalue weighted by Gasteiger charge is -2.47. The molecule has 4 rings (SSSR count). The van der Waals surface area contributed by atoms with Crippen molar-refractivity contribution in [3.8, 4) is 0 Å². The van der Waals surface area contributed by atoms with Crippen LogP contribution < -0.4 is 9.80 Å². The normalized spacial score (nSPS) is 22.3. The maximum absolute atomic E-state index is 12.9. The average Bonchev–Trinajstić information content (AvgIpc) is 2.95. The van der Waals surface area contributed by atoms with Crippen molar-refractivity contribution in [3.63, 3.8) is 0 Å². The molecule has 1 fully saturated rings. The molecule has 0 unspecified atom stereocenters. The van der Waals surface area contributed by atoms with E-state index in [1.165, 1.54) is 16.2 Å². The first-order valence-corrected chi connectivity index (χ1v) is 10.9. The molecule has 0 spiro atoms. The molecule has 4 nitrogen and oxygen atoms in total. The van der Waals surface area contributed by atoms with Gasteiger partial charge in [-0.3, -0.25) is 9.59 Å². The Bertz CT molecular complexity index is 997. The van der Waals surface area contributed by atoms with Crippen LogP contribution in [-0.4, -0.2) is 23.2 Å². The Morgan fingerprint density at radius 3 is 2.55 bits per heavy atom. The first-order valence-electron chi connectivity index (χ1n) is 10.1. The van der Waals surface area contributed by atoms with Crippen molar-refractivity contribution in [3.05, 3.63) is 64.6 Å². The first kappa shape index (κ1) is 19.8. The molecular formula is C24H26N2O2S. The monoisotopic (exact) mass is 406 g/mol. The van der Waals surface area contributed by atoms with E-state index in [-0.39, 0.29) is 16.7 Å². The Kier molecular flexibility index (Phi) is 5.03. The van der Waals surface area contributed by atoms with Gasteiger partial charge in [0.1, 0.15) is 0 Å². The van der Waals surface area contributed by atoms with Crippen LogP contribution in [0.3, 0.4) is 0 Å². The fraction of sp³-hybridized carbons (Fsp3) is 0.333. The van der Waals surface area contributed by atoms with Crippen molar-refractivity contribution in [1.29, 1.82) is 0 Å². The molecule has 2 amide bonds. The summed E-state index contributed by atoms with van der Waals surface area (Å²) in [5.74, 6) is 0.184. The van der Waals surface area contributed by atoms with Gasteiger partial charge < -0.3 is 4.90 Å². The molecule has 0 aromatic heterocycles. The lowest BCUT2D eigenvalue weighted by atomic mass is 9.79. The number of fused-ring (bicyclic) bond motifs is 1. The van der Waals surface area contributed by atoms with Gasteiger partial charge in [-0.15, -0.1) is 0 Å². The molecule has 2 aliphatic heterocycles. The van der Waals surface area contributed by atoms with E-state index in [0.29, 0.717) is 16.5 Å². The van der Waals surface area contributed by atoms with Crippen LogP contribution in [0.15, 0.2) is 53.4 Å². The van der Waals surface area contributed by atoms with Gasteiger partial charge in [0.05, 0.1) is 10.6 Å². The van der Waals surface area contributed by atoms with E-state index in [1.54, 1.807) is 12.1 Å². The van der Waals surface area contributed by atoms with Crippen LogP contribution in [0.5, 0.6) is 0 Å². The number of carbonyl (C=O) groups excluding carboxylic acids is 2. The number of nitrogens with zero attached hydrogens (tertiary/aromatic N) is 2. The van der Waals surface area contributed by atoms with Crippen LogP contribution >= 0.6 is 11.8 Å². The number of imide groups is 1. The molecule has 5 heteroatoms. The van der Waals surface area contributed by atoms with Crippen LogP contribution in [-0.2, 0) is 4.79 Å². The fourth-order valence-corrected chi connectivity index (χ4v) is 5.46. The number of benzene rings is 2. The molecule has 1 atom stereocenters. The zero-order valence-electron chi connectivity index (χ0n) is 17.3. The topological polar surface area (TPSA) is 40.6 Å². The van der Waals surface area contributed by atoms with E-state index in [9.17, 15) is 9.59 Å². The smallest absolute Gasteiger partial charge is 0.298 e. The molecule has 150 valence electrons. The number of carbonyl (C=O) groups is 2. The Morgan fingerprint density at radius 2 is 1.86 bits per heavy atom. The quantitative estimate of drug-likeness (QED) is 0.583. The second-order valence-corrected chi connectivity index (χ2v) is 9.33. The van der Waals surface area contributed by atoms with Crippen molar-refractivity contribution in [2.75, 3.05) is 16.3 Å². The zero-order valence-corrected chi connectivity index (χ0v) is 18.1. The summed E-state index contributed by atoms with van der Waals surface area (Å²) in [6, 6.07) is 15.5. The molecule has 2 aromatic rings. The first-order chi connectivity index (χ1) is 13.8. The summed E-state index contributed by atoms with van der Waals surface area (Å²) in [5, 5.41) is -0.252. The molecule has 2 aliphatic rings. The highest BCUT2D eigenvalue weighted by atomic mass is 32.2. The van der Waals surface area contributed by atoms with Crippen molar-refractivity contribution in [2.24, 2.45) is 0 Å². The molecule has 1 saturated heterocycles. The third kappa shape index (κ3) is 3.48. The van der Waals surface area contributed by atoms with Gasteiger partial charge in [-0.05, 0) is 86.3 Å². The van der Waals surface area contributed by atoms with Gasteiger partial charge in [0.25, 0.3) is 11.1 Å². The maximum Gasteiger partial charge on any atom is 0.298 e. The third-order valence-electron chi connectivity index (χ3n) is 5.83. The largest absolute Gasteiger partial charge is 0.366 e. The lowest BCUT2D eigenvalue weighted by Crippen LogP contribution is -2.48. The molecule has 0 N–H and O–H groups in total. The minimum atomic E-state index is -0.256. The van der Waals surface area contributed by atoms with E-state index in [1.807, 2.05) is 30.3 Å². The third-order valence-corrected chi connectivity index (χ3v) is 6.70. The Labute approximate surface area is 176 Å². The van der Waals surface area contributed by atoms with Crippen molar-refractivity contribution in [1.82, 2.24) is 0 Å². The predicted molar refractivity (Wildman–Crippen MR) is 121 cm³/mol. The summed E-state index contributed by atoms with van der Waals surface area (Å²) in [7, 11) is 0. The Morgan fingerprint density at radius 1 is 1.14 bits per heavy atom. The van der Waals surface area contributed by atoms with Gasteiger partial charge in [-0.25, -0.2) is 4.90 Å². The number of rotatable bonds is 3. The van der Waals surface area contributed by atoms with Crippen LogP contribution in [0.1, 0.15) is 51.2 Å². The minimum absolute atomic E-state index is 0.126. The van der Waals surface area contributed by atoms with Crippen molar-refractivity contribution >= 4 is 40.4 Å². The van der Waals surface area contributed by atoms with Gasteiger partial charge in [0, 0.05) is 17.8 Å². The van der Waals surface area contributed by atoms with Gasteiger partial charge in [0.15, 0.2) is 0 Å². The van der Waals surface area contributed by atoms with E-state index in [0.717, 1.165) is 30.3 Å². The van der Waals surface area contributed by atoms with Crippen LogP contribution in [0.4, 0.5) is 16.2 Å². The number of hydrogen-bond acceptors (Lipinski definition) is 4. The molecule has 2 heterocycles. The SMILES string of the molecule is CCN1c2ccc(/C=C3\SC(=O)N(c4ccccc4)C3=O)cc2[C@@H](C)CC1(C)C. The zero-order chi connectivity index (χ0) is 20.8. The van der Waals surface area contributed by atoms with Gasteiger partial charge in [0.2, 0.25) is 0 Å². The highest BCUT2D eigenvalue weighted by Gasteiger charge is 2.37.